The second kappa shape index (κ2) is 5.74. The van der Waals surface area contributed by atoms with E-state index in [4.69, 9.17) is 0 Å². The van der Waals surface area contributed by atoms with E-state index in [-0.39, 0.29) is 5.91 Å². The van der Waals surface area contributed by atoms with Gasteiger partial charge < -0.3 is 10.2 Å². The molecular weight excluding hydrogens is 236 g/mol. The van der Waals surface area contributed by atoms with Crippen molar-refractivity contribution in [3.8, 4) is 0 Å². The van der Waals surface area contributed by atoms with Gasteiger partial charge in [-0.1, -0.05) is 24.3 Å². The summed E-state index contributed by atoms with van der Waals surface area (Å²) in [4.78, 5) is 13.9. The van der Waals surface area contributed by atoms with Gasteiger partial charge in [0.25, 0.3) is 0 Å². The van der Waals surface area contributed by atoms with E-state index in [9.17, 15) is 4.79 Å². The molecular formula is C16H22N2O. The third-order valence-corrected chi connectivity index (χ3v) is 4.06. The number of nitrogens with zero attached hydrogens (tertiary/aromatic N) is 1. The summed E-state index contributed by atoms with van der Waals surface area (Å²) < 4.78 is 0. The van der Waals surface area contributed by atoms with Gasteiger partial charge in [-0.3, -0.25) is 4.79 Å². The smallest absolute Gasteiger partial charge is 0.236 e. The fourth-order valence-corrected chi connectivity index (χ4v) is 2.77. The molecule has 0 radical (unpaired) electrons. The van der Waals surface area contributed by atoms with Crippen molar-refractivity contribution in [2.24, 2.45) is 0 Å². The van der Waals surface area contributed by atoms with Gasteiger partial charge in [-0.2, -0.15) is 0 Å². The molecule has 1 aliphatic carbocycles. The Balaban J connectivity index is 1.46. The van der Waals surface area contributed by atoms with Gasteiger partial charge in [0.2, 0.25) is 5.91 Å². The van der Waals surface area contributed by atoms with E-state index in [2.05, 4.69) is 29.6 Å². The summed E-state index contributed by atoms with van der Waals surface area (Å²) in [6, 6.07) is 8.77. The molecule has 0 unspecified atom stereocenters. The van der Waals surface area contributed by atoms with Crippen molar-refractivity contribution in [3.05, 3.63) is 35.4 Å². The van der Waals surface area contributed by atoms with Crippen LogP contribution < -0.4 is 5.32 Å². The highest BCUT2D eigenvalue weighted by Crippen LogP contribution is 2.40. The predicted molar refractivity (Wildman–Crippen MR) is 75.9 cm³/mol. The number of benzene rings is 1. The standard InChI is InChI=1S/C16H22N2O/c19-16(18-8-1-2-9-18)12-17-11-13-4-3-5-15(10-13)14-6-7-14/h3-5,10,14,17H,1-2,6-9,11-12H2. The van der Waals surface area contributed by atoms with E-state index in [1.165, 1.54) is 24.0 Å². The van der Waals surface area contributed by atoms with E-state index < -0.39 is 0 Å². The number of hydrogen-bond acceptors (Lipinski definition) is 2. The van der Waals surface area contributed by atoms with Gasteiger partial charge >= 0.3 is 0 Å². The molecule has 2 fully saturated rings. The maximum Gasteiger partial charge on any atom is 0.236 e. The largest absolute Gasteiger partial charge is 0.342 e. The van der Waals surface area contributed by atoms with Crippen LogP contribution in [0.1, 0.15) is 42.7 Å². The summed E-state index contributed by atoms with van der Waals surface area (Å²) in [6.07, 6.45) is 5.00. The van der Waals surface area contributed by atoms with Crippen molar-refractivity contribution in [2.45, 2.75) is 38.1 Å². The molecule has 1 saturated carbocycles. The second-order valence-electron chi connectivity index (χ2n) is 5.71. The van der Waals surface area contributed by atoms with Crippen molar-refractivity contribution >= 4 is 5.91 Å². The molecule has 1 aromatic carbocycles. The van der Waals surface area contributed by atoms with Crippen LogP contribution in [0.4, 0.5) is 0 Å². The molecule has 0 atom stereocenters. The van der Waals surface area contributed by atoms with Crippen LogP contribution in [-0.4, -0.2) is 30.4 Å². The summed E-state index contributed by atoms with van der Waals surface area (Å²) in [7, 11) is 0. The first-order chi connectivity index (χ1) is 9.33. The average Bonchev–Trinajstić information content (AvgIpc) is 3.14. The topological polar surface area (TPSA) is 32.3 Å². The highest BCUT2D eigenvalue weighted by molar-refractivity contribution is 5.78. The van der Waals surface area contributed by atoms with Crippen LogP contribution in [0.2, 0.25) is 0 Å². The van der Waals surface area contributed by atoms with Crippen molar-refractivity contribution < 1.29 is 4.79 Å². The van der Waals surface area contributed by atoms with Crippen molar-refractivity contribution in [3.63, 3.8) is 0 Å². The number of carbonyl (C=O) groups is 1. The Morgan fingerprint density at radius 3 is 2.79 bits per heavy atom. The van der Waals surface area contributed by atoms with Gasteiger partial charge in [0, 0.05) is 19.6 Å². The quantitative estimate of drug-likeness (QED) is 0.878. The van der Waals surface area contributed by atoms with E-state index in [0.717, 1.165) is 38.4 Å². The summed E-state index contributed by atoms with van der Waals surface area (Å²) >= 11 is 0. The Kier molecular flexibility index (Phi) is 3.83. The third kappa shape index (κ3) is 3.35. The zero-order chi connectivity index (χ0) is 13.1. The molecule has 1 amide bonds. The molecule has 1 N–H and O–H groups in total. The summed E-state index contributed by atoms with van der Waals surface area (Å²) in [5, 5.41) is 3.27. The van der Waals surface area contributed by atoms with E-state index in [1.54, 1.807) is 0 Å². The Bertz CT molecular complexity index is 448. The molecule has 3 nitrogen and oxygen atoms in total. The first-order valence-electron chi connectivity index (χ1n) is 7.40. The van der Waals surface area contributed by atoms with Gasteiger partial charge in [-0.05, 0) is 42.7 Å². The van der Waals surface area contributed by atoms with Gasteiger partial charge in [0.1, 0.15) is 0 Å². The second-order valence-corrected chi connectivity index (χ2v) is 5.71. The van der Waals surface area contributed by atoms with Crippen LogP contribution in [0.3, 0.4) is 0 Å². The molecule has 0 bridgehead atoms. The Morgan fingerprint density at radius 2 is 2.05 bits per heavy atom. The van der Waals surface area contributed by atoms with Gasteiger partial charge in [-0.15, -0.1) is 0 Å². The maximum absolute atomic E-state index is 11.9. The van der Waals surface area contributed by atoms with Crippen molar-refractivity contribution in [2.75, 3.05) is 19.6 Å². The molecule has 0 spiro atoms. The number of amides is 1. The van der Waals surface area contributed by atoms with E-state index in [0.29, 0.717) is 6.54 Å². The molecule has 2 aliphatic rings. The number of rotatable bonds is 5. The molecule has 1 heterocycles. The lowest BCUT2D eigenvalue weighted by Gasteiger charge is -2.15. The van der Waals surface area contributed by atoms with E-state index >= 15 is 0 Å². The number of nitrogens with one attached hydrogen (secondary N) is 1. The highest BCUT2D eigenvalue weighted by atomic mass is 16.2. The minimum atomic E-state index is 0.246. The Hall–Kier alpha value is -1.35. The summed E-state index contributed by atoms with van der Waals surface area (Å²) in [5.74, 6) is 1.04. The zero-order valence-electron chi connectivity index (χ0n) is 11.4. The fraction of sp³-hybridized carbons (Fsp3) is 0.562. The van der Waals surface area contributed by atoms with Gasteiger partial charge in [-0.25, -0.2) is 0 Å². The first kappa shape index (κ1) is 12.7. The van der Waals surface area contributed by atoms with E-state index in [1.807, 2.05) is 4.90 Å². The normalized spacial score (nSPS) is 18.8. The number of likely N-dealkylation sites (tertiary alicyclic amines) is 1. The average molecular weight is 258 g/mol. The van der Waals surface area contributed by atoms with Gasteiger partial charge in [0.15, 0.2) is 0 Å². The molecule has 102 valence electrons. The van der Waals surface area contributed by atoms with Crippen LogP contribution >= 0.6 is 0 Å². The number of carbonyl (C=O) groups excluding carboxylic acids is 1. The van der Waals surface area contributed by atoms with Crippen LogP contribution in [0.15, 0.2) is 24.3 Å². The zero-order valence-corrected chi connectivity index (χ0v) is 11.4. The number of hydrogen-bond donors (Lipinski definition) is 1. The van der Waals surface area contributed by atoms with Crippen LogP contribution in [-0.2, 0) is 11.3 Å². The Morgan fingerprint density at radius 1 is 1.26 bits per heavy atom. The van der Waals surface area contributed by atoms with Crippen LogP contribution in [0.25, 0.3) is 0 Å². The third-order valence-electron chi connectivity index (χ3n) is 4.06. The van der Waals surface area contributed by atoms with Crippen LogP contribution in [0, 0.1) is 0 Å². The van der Waals surface area contributed by atoms with Crippen LogP contribution in [0.5, 0.6) is 0 Å². The van der Waals surface area contributed by atoms with Crippen molar-refractivity contribution in [1.82, 2.24) is 10.2 Å². The SMILES string of the molecule is O=C(CNCc1cccc(C2CC2)c1)N1CCCC1. The monoisotopic (exact) mass is 258 g/mol. The summed E-state index contributed by atoms with van der Waals surface area (Å²) in [5.41, 5.74) is 2.75. The minimum Gasteiger partial charge on any atom is -0.342 e. The minimum absolute atomic E-state index is 0.246. The lowest BCUT2D eigenvalue weighted by atomic mass is 10.1. The molecule has 1 saturated heterocycles. The molecule has 19 heavy (non-hydrogen) atoms. The fourth-order valence-electron chi connectivity index (χ4n) is 2.77. The summed E-state index contributed by atoms with van der Waals surface area (Å²) in [6.45, 7) is 3.14. The maximum atomic E-state index is 11.9. The predicted octanol–water partition coefficient (Wildman–Crippen LogP) is 2.28. The van der Waals surface area contributed by atoms with Crippen molar-refractivity contribution in [1.29, 1.82) is 0 Å². The molecule has 1 aliphatic heterocycles. The molecule has 3 heteroatoms. The van der Waals surface area contributed by atoms with Gasteiger partial charge in [0.05, 0.1) is 6.54 Å². The first-order valence-corrected chi connectivity index (χ1v) is 7.40. The molecule has 1 aromatic rings. The lowest BCUT2D eigenvalue weighted by Crippen LogP contribution is -2.35. The Labute approximate surface area is 115 Å². The molecule has 3 rings (SSSR count). The lowest BCUT2D eigenvalue weighted by molar-refractivity contribution is -0.129. The highest BCUT2D eigenvalue weighted by Gasteiger charge is 2.23. The molecule has 0 aromatic heterocycles.